The summed E-state index contributed by atoms with van der Waals surface area (Å²) in [5, 5.41) is 22.6. The van der Waals surface area contributed by atoms with E-state index >= 15 is 0 Å². The lowest BCUT2D eigenvalue weighted by Gasteiger charge is -2.02. The maximum absolute atomic E-state index is 11.8. The summed E-state index contributed by atoms with van der Waals surface area (Å²) in [6.07, 6.45) is 1.56. The summed E-state index contributed by atoms with van der Waals surface area (Å²) >= 11 is 0. The number of aromatic hydroxyl groups is 2. The van der Waals surface area contributed by atoms with Crippen LogP contribution in [-0.2, 0) is 9.63 Å². The van der Waals surface area contributed by atoms with Crippen LogP contribution in [0.15, 0.2) is 59.3 Å². The Morgan fingerprint density at radius 2 is 1.76 bits per heavy atom. The molecule has 0 fully saturated rings. The number of hydrogen-bond acceptors (Lipinski definition) is 5. The zero-order valence-corrected chi connectivity index (χ0v) is 10.9. The van der Waals surface area contributed by atoms with Crippen LogP contribution in [-0.4, -0.2) is 21.9 Å². The Hall–Kier alpha value is -3.08. The van der Waals surface area contributed by atoms with Crippen LogP contribution in [0.1, 0.15) is 11.1 Å². The van der Waals surface area contributed by atoms with Crippen LogP contribution in [0.25, 0.3) is 6.08 Å². The number of phenolic OH excluding ortho intramolecular Hbond substituents is 2. The van der Waals surface area contributed by atoms with Gasteiger partial charge in [0, 0.05) is 5.56 Å². The number of oxime groups is 1. The van der Waals surface area contributed by atoms with Crippen molar-refractivity contribution in [1.29, 1.82) is 0 Å². The third kappa shape index (κ3) is 2.49. The Kier molecular flexibility index (Phi) is 3.16. The molecular weight excluding hydrogens is 270 g/mol. The highest BCUT2D eigenvalue weighted by atomic mass is 16.7. The van der Waals surface area contributed by atoms with E-state index in [1.165, 1.54) is 12.1 Å². The third-order valence-corrected chi connectivity index (χ3v) is 3.05. The van der Waals surface area contributed by atoms with E-state index in [0.29, 0.717) is 16.8 Å². The molecule has 5 nitrogen and oxygen atoms in total. The number of nitrogens with zero attached hydrogens (tertiary/aromatic N) is 1. The minimum Gasteiger partial charge on any atom is -0.504 e. The minimum absolute atomic E-state index is 0.219. The Labute approximate surface area is 120 Å². The molecule has 0 atom stereocenters. The van der Waals surface area contributed by atoms with Crippen molar-refractivity contribution >= 4 is 17.8 Å². The normalized spacial score (nSPS) is 15.9. The molecule has 0 unspecified atom stereocenters. The molecule has 2 aromatic carbocycles. The fraction of sp³-hybridized carbons (Fsp3) is 0. The molecule has 3 rings (SSSR count). The van der Waals surface area contributed by atoms with Crippen molar-refractivity contribution in [2.45, 2.75) is 0 Å². The van der Waals surface area contributed by atoms with Crippen LogP contribution < -0.4 is 0 Å². The number of rotatable bonds is 2. The largest absolute Gasteiger partial charge is 0.504 e. The lowest BCUT2D eigenvalue weighted by atomic mass is 10.0. The number of hydrogen-bond donors (Lipinski definition) is 2. The highest BCUT2D eigenvalue weighted by molar-refractivity contribution is 6.31. The Balaban J connectivity index is 2.02. The fourth-order valence-corrected chi connectivity index (χ4v) is 2.01. The fourth-order valence-electron chi connectivity index (χ4n) is 2.01. The van der Waals surface area contributed by atoms with Crippen LogP contribution in [0.4, 0.5) is 0 Å². The molecular formula is C16H11NO4. The molecule has 1 aliphatic heterocycles. The zero-order chi connectivity index (χ0) is 14.8. The molecule has 0 radical (unpaired) electrons. The maximum atomic E-state index is 11.8. The van der Waals surface area contributed by atoms with Crippen molar-refractivity contribution < 1.29 is 19.8 Å². The van der Waals surface area contributed by atoms with E-state index in [0.717, 1.165) is 5.56 Å². The lowest BCUT2D eigenvalue weighted by molar-refractivity contribution is -0.136. The van der Waals surface area contributed by atoms with Gasteiger partial charge in [0.2, 0.25) is 0 Å². The van der Waals surface area contributed by atoms with Crippen LogP contribution in [0.2, 0.25) is 0 Å². The number of carbonyl (C=O) groups excluding carboxylic acids is 1. The summed E-state index contributed by atoms with van der Waals surface area (Å²) in [5.74, 6) is -1.03. The molecule has 0 saturated heterocycles. The van der Waals surface area contributed by atoms with E-state index in [1.807, 2.05) is 30.3 Å². The van der Waals surface area contributed by atoms with Gasteiger partial charge in [0.1, 0.15) is 5.71 Å². The Bertz CT molecular complexity index is 763. The average molecular weight is 281 g/mol. The van der Waals surface area contributed by atoms with Gasteiger partial charge in [-0.25, -0.2) is 4.79 Å². The van der Waals surface area contributed by atoms with Crippen LogP contribution in [0.5, 0.6) is 11.5 Å². The Morgan fingerprint density at radius 1 is 1.00 bits per heavy atom. The molecule has 2 aromatic rings. The van der Waals surface area contributed by atoms with E-state index in [4.69, 9.17) is 4.84 Å². The first-order chi connectivity index (χ1) is 10.1. The quantitative estimate of drug-likeness (QED) is 0.503. The second kappa shape index (κ2) is 5.13. The molecule has 0 aromatic heterocycles. The van der Waals surface area contributed by atoms with E-state index in [9.17, 15) is 15.0 Å². The second-order valence-corrected chi connectivity index (χ2v) is 4.49. The van der Waals surface area contributed by atoms with Crippen molar-refractivity contribution in [3.05, 3.63) is 65.2 Å². The monoisotopic (exact) mass is 281 g/mol. The van der Waals surface area contributed by atoms with Gasteiger partial charge in [-0.05, 0) is 23.8 Å². The number of phenols is 2. The first-order valence-electron chi connectivity index (χ1n) is 6.24. The predicted molar refractivity (Wildman–Crippen MR) is 76.8 cm³/mol. The summed E-state index contributed by atoms with van der Waals surface area (Å²) in [6, 6.07) is 13.5. The summed E-state index contributed by atoms with van der Waals surface area (Å²) in [4.78, 5) is 16.5. The van der Waals surface area contributed by atoms with Crippen molar-refractivity contribution in [3.8, 4) is 11.5 Å². The van der Waals surface area contributed by atoms with E-state index < -0.39 is 5.97 Å². The van der Waals surface area contributed by atoms with E-state index in [2.05, 4.69) is 5.16 Å². The summed E-state index contributed by atoms with van der Waals surface area (Å²) in [5.41, 5.74) is 2.06. The molecule has 0 spiro atoms. The molecule has 0 aliphatic carbocycles. The van der Waals surface area contributed by atoms with Crippen molar-refractivity contribution in [2.24, 2.45) is 5.16 Å². The van der Waals surface area contributed by atoms with Crippen LogP contribution in [0.3, 0.4) is 0 Å². The molecule has 0 bridgehead atoms. The molecule has 5 heteroatoms. The highest BCUT2D eigenvalue weighted by Gasteiger charge is 2.26. The van der Waals surface area contributed by atoms with Crippen molar-refractivity contribution in [1.82, 2.24) is 0 Å². The SMILES string of the molecule is O=C1ON=C(c2ccccc2)/C1=C/c1ccc(O)c(O)c1. The first kappa shape index (κ1) is 12.9. The molecule has 0 amide bonds. The van der Waals surface area contributed by atoms with E-state index in [1.54, 1.807) is 12.1 Å². The van der Waals surface area contributed by atoms with Gasteiger partial charge in [-0.2, -0.15) is 0 Å². The third-order valence-electron chi connectivity index (χ3n) is 3.05. The highest BCUT2D eigenvalue weighted by Crippen LogP contribution is 2.27. The molecule has 104 valence electrons. The predicted octanol–water partition coefficient (Wildman–Crippen LogP) is 2.44. The molecule has 1 heterocycles. The van der Waals surface area contributed by atoms with Crippen LogP contribution in [0, 0.1) is 0 Å². The van der Waals surface area contributed by atoms with Gasteiger partial charge < -0.3 is 15.1 Å². The number of benzene rings is 2. The zero-order valence-electron chi connectivity index (χ0n) is 10.9. The van der Waals surface area contributed by atoms with Crippen LogP contribution >= 0.6 is 0 Å². The minimum atomic E-state index is -0.554. The molecule has 0 saturated carbocycles. The number of carbonyl (C=O) groups is 1. The van der Waals surface area contributed by atoms with Gasteiger partial charge >= 0.3 is 5.97 Å². The van der Waals surface area contributed by atoms with E-state index in [-0.39, 0.29) is 11.5 Å². The lowest BCUT2D eigenvalue weighted by Crippen LogP contribution is -2.06. The molecule has 2 N–H and O–H groups in total. The topological polar surface area (TPSA) is 79.1 Å². The van der Waals surface area contributed by atoms with Gasteiger partial charge in [0.25, 0.3) is 0 Å². The first-order valence-corrected chi connectivity index (χ1v) is 6.24. The van der Waals surface area contributed by atoms with Gasteiger partial charge in [0.05, 0.1) is 5.57 Å². The van der Waals surface area contributed by atoms with Gasteiger partial charge in [-0.3, -0.25) is 0 Å². The van der Waals surface area contributed by atoms with Crippen molar-refractivity contribution in [2.75, 3.05) is 0 Å². The smallest absolute Gasteiger partial charge is 0.368 e. The second-order valence-electron chi connectivity index (χ2n) is 4.49. The van der Waals surface area contributed by atoms with Gasteiger partial charge in [-0.15, -0.1) is 0 Å². The summed E-state index contributed by atoms with van der Waals surface area (Å²) in [7, 11) is 0. The van der Waals surface area contributed by atoms with Gasteiger partial charge in [0.15, 0.2) is 11.5 Å². The standard InChI is InChI=1S/C16H11NO4/c18-13-7-6-10(9-14(13)19)8-12-15(17-21-16(12)20)11-4-2-1-3-5-11/h1-9,18-19H/b12-8-. The van der Waals surface area contributed by atoms with Gasteiger partial charge in [-0.1, -0.05) is 41.6 Å². The summed E-state index contributed by atoms with van der Waals surface area (Å²) < 4.78 is 0. The molecule has 1 aliphatic rings. The average Bonchev–Trinajstić information content (AvgIpc) is 2.85. The Morgan fingerprint density at radius 3 is 2.48 bits per heavy atom. The van der Waals surface area contributed by atoms with Crippen molar-refractivity contribution in [3.63, 3.8) is 0 Å². The summed E-state index contributed by atoms with van der Waals surface area (Å²) in [6.45, 7) is 0. The molecule has 21 heavy (non-hydrogen) atoms. The maximum Gasteiger partial charge on any atom is 0.368 e.